The number of hydrogen-bond acceptors (Lipinski definition) is 0. The Morgan fingerprint density at radius 2 is 1.00 bits per heavy atom. The van der Waals surface area contributed by atoms with Crippen molar-refractivity contribution in [3.05, 3.63) is 78.9 Å². The van der Waals surface area contributed by atoms with Crippen LogP contribution in [0.25, 0.3) is 12.2 Å². The van der Waals surface area contributed by atoms with Crippen LogP contribution in [-0.2, 0) is 45.7 Å². The molecule has 2 aromatic rings. The molecule has 2 atom stereocenters. The number of fused-ring (bicyclic) bond motifs is 4. The summed E-state index contributed by atoms with van der Waals surface area (Å²) in [4.78, 5) is 0. The molecule has 2 heteroatoms. The molecule has 0 amide bonds. The second-order valence-corrected chi connectivity index (χ2v) is 25.3. The Kier molecular flexibility index (Phi) is 4.59. The average molecular weight is 575 g/mol. The van der Waals surface area contributed by atoms with Crippen molar-refractivity contribution >= 4 is 19.1 Å². The average Bonchev–Trinajstić information content (AvgIpc) is 3.53. The van der Waals surface area contributed by atoms with Gasteiger partial charge in [-0.15, -0.1) is 0 Å². The second kappa shape index (κ2) is 7.00. The topological polar surface area (TPSA) is 0 Å². The van der Waals surface area contributed by atoms with E-state index in [1.165, 1.54) is 38.5 Å². The van der Waals surface area contributed by atoms with E-state index in [-0.39, 0.29) is 0 Å². The number of benzene rings is 2. The van der Waals surface area contributed by atoms with Gasteiger partial charge in [0.25, 0.3) is 0 Å². The van der Waals surface area contributed by atoms with Crippen molar-refractivity contribution in [1.29, 1.82) is 0 Å². The zero-order valence-electron chi connectivity index (χ0n) is 18.9. The molecule has 0 aliphatic heterocycles. The minimum atomic E-state index is -1.98. The summed E-state index contributed by atoms with van der Waals surface area (Å²) in [6.45, 7) is 12.2. The maximum atomic E-state index is 2.64. The summed E-state index contributed by atoms with van der Waals surface area (Å²) in [7, 11) is 0. The van der Waals surface area contributed by atoms with Crippen LogP contribution in [0.15, 0.2) is 12.2 Å². The van der Waals surface area contributed by atoms with Gasteiger partial charge in [0.1, 0.15) is 0 Å². The van der Waals surface area contributed by atoms with E-state index in [9.17, 15) is 0 Å². The third-order valence-corrected chi connectivity index (χ3v) is 25.2. The first-order chi connectivity index (χ1) is 14.5. The molecule has 0 spiro atoms. The predicted octanol–water partition coefficient (Wildman–Crippen LogP) is 5.90. The van der Waals surface area contributed by atoms with Gasteiger partial charge in [0, 0.05) is 0 Å². The van der Waals surface area contributed by atoms with Crippen molar-refractivity contribution in [3.8, 4) is 0 Å². The summed E-state index contributed by atoms with van der Waals surface area (Å²) >= 11 is -1.98. The summed E-state index contributed by atoms with van der Waals surface area (Å²) in [5, 5.41) is 0. The fourth-order valence-corrected chi connectivity index (χ4v) is 22.0. The molecule has 2 unspecified atom stereocenters. The molecular formula is C28H32HfSi. The Morgan fingerprint density at radius 1 is 0.633 bits per heavy atom. The number of allylic oxidation sites excluding steroid dienone is 2. The van der Waals surface area contributed by atoms with Crippen LogP contribution >= 0.6 is 0 Å². The zero-order valence-corrected chi connectivity index (χ0v) is 23.9. The van der Waals surface area contributed by atoms with Gasteiger partial charge in [-0.1, -0.05) is 0 Å². The van der Waals surface area contributed by atoms with Crippen molar-refractivity contribution < 1.29 is 20.1 Å². The molecule has 0 bridgehead atoms. The molecule has 4 aliphatic rings. The molecule has 0 saturated carbocycles. The van der Waals surface area contributed by atoms with Gasteiger partial charge in [0.15, 0.2) is 0 Å². The molecule has 2 aromatic carbocycles. The first-order valence-electron chi connectivity index (χ1n) is 11.8. The van der Waals surface area contributed by atoms with Gasteiger partial charge >= 0.3 is 192 Å². The predicted molar refractivity (Wildman–Crippen MR) is 128 cm³/mol. The van der Waals surface area contributed by atoms with E-state index in [1.807, 2.05) is 0 Å². The molecule has 4 aliphatic carbocycles. The summed E-state index contributed by atoms with van der Waals surface area (Å²) in [5.74, 6) is 0. The molecule has 0 N–H and O–H groups in total. The third kappa shape index (κ3) is 2.53. The number of hydrogen-bond donors (Lipinski definition) is 0. The van der Waals surface area contributed by atoms with E-state index >= 15 is 0 Å². The van der Waals surface area contributed by atoms with Gasteiger partial charge in [-0.2, -0.15) is 0 Å². The molecule has 0 saturated heterocycles. The normalized spacial score (nSPS) is 22.4. The molecule has 0 aromatic heterocycles. The minimum absolute atomic E-state index is 0.765. The van der Waals surface area contributed by atoms with Crippen LogP contribution in [0.5, 0.6) is 0 Å². The van der Waals surface area contributed by atoms with Crippen LogP contribution in [-0.4, -0.2) is 6.94 Å². The molecule has 6 rings (SSSR count). The van der Waals surface area contributed by atoms with Crippen LogP contribution in [0.1, 0.15) is 87.0 Å². The van der Waals surface area contributed by atoms with Crippen LogP contribution in [0.3, 0.4) is 0 Å². The Bertz CT molecular complexity index is 1120. The SMILES string of the molecule is Cc1c2c(c(C)c3c1CCC3)[CH]([Hf](=[SiH2])[CH]1C=Cc3c(C)c4c(c(C)c31)CCC4)C=C2. The van der Waals surface area contributed by atoms with E-state index in [1.54, 1.807) is 66.8 Å². The molecule has 0 nitrogen and oxygen atoms in total. The number of rotatable bonds is 2. The first kappa shape index (κ1) is 19.7. The van der Waals surface area contributed by atoms with E-state index in [2.05, 4.69) is 58.9 Å². The van der Waals surface area contributed by atoms with E-state index in [0.29, 0.717) is 0 Å². The summed E-state index contributed by atoms with van der Waals surface area (Å²) < 4.78 is 1.53. The summed E-state index contributed by atoms with van der Waals surface area (Å²) in [6.07, 6.45) is 18.2. The molecule has 0 heterocycles. The second-order valence-electron chi connectivity index (χ2n) is 10.0. The van der Waals surface area contributed by atoms with E-state index < -0.39 is 20.1 Å². The van der Waals surface area contributed by atoms with Crippen LogP contribution in [0, 0.1) is 27.7 Å². The van der Waals surface area contributed by atoms with Crippen molar-refractivity contribution in [3.63, 3.8) is 0 Å². The first-order valence-corrected chi connectivity index (χ1v) is 24.3. The van der Waals surface area contributed by atoms with Gasteiger partial charge < -0.3 is 0 Å². The van der Waals surface area contributed by atoms with Crippen LogP contribution in [0.4, 0.5) is 0 Å². The van der Waals surface area contributed by atoms with E-state index in [4.69, 9.17) is 0 Å². The van der Waals surface area contributed by atoms with Crippen molar-refractivity contribution in [2.45, 2.75) is 73.6 Å². The standard InChI is InChI=1S/2C14H15.Hf.H2Si/c2*1-9-11-5-3-7-13(11)10(2)14-8-4-6-12(9)14;;/h2*3,5,7H,4,6,8H2,1-2H3;;1H2. The quantitative estimate of drug-likeness (QED) is 0.392. The van der Waals surface area contributed by atoms with Crippen molar-refractivity contribution in [2.24, 2.45) is 0 Å². The molecule has 0 fully saturated rings. The molecule has 152 valence electrons. The Hall–Kier alpha value is -0.993. The van der Waals surface area contributed by atoms with Gasteiger partial charge in [0.2, 0.25) is 0 Å². The zero-order chi connectivity index (χ0) is 20.7. The molecule has 30 heavy (non-hydrogen) atoms. The Labute approximate surface area is 190 Å². The Balaban J connectivity index is 1.46. The van der Waals surface area contributed by atoms with Crippen LogP contribution in [0.2, 0.25) is 0 Å². The third-order valence-electron chi connectivity index (χ3n) is 8.77. The van der Waals surface area contributed by atoms with Gasteiger partial charge in [-0.3, -0.25) is 0 Å². The van der Waals surface area contributed by atoms with Crippen LogP contribution < -0.4 is 0 Å². The summed E-state index contributed by atoms with van der Waals surface area (Å²) in [5.41, 5.74) is 20.1. The van der Waals surface area contributed by atoms with Crippen molar-refractivity contribution in [2.75, 3.05) is 0 Å². The van der Waals surface area contributed by atoms with Gasteiger partial charge in [0.05, 0.1) is 0 Å². The van der Waals surface area contributed by atoms with Gasteiger partial charge in [-0.05, 0) is 0 Å². The van der Waals surface area contributed by atoms with Gasteiger partial charge in [-0.25, -0.2) is 0 Å². The monoisotopic (exact) mass is 576 g/mol. The molecule has 0 radical (unpaired) electrons. The fraction of sp³-hybridized carbons (Fsp3) is 0.429. The van der Waals surface area contributed by atoms with E-state index in [0.717, 1.165) is 7.35 Å². The molecular weight excluding hydrogens is 543 g/mol. The Morgan fingerprint density at radius 3 is 1.40 bits per heavy atom. The maximum absolute atomic E-state index is 2.64. The summed E-state index contributed by atoms with van der Waals surface area (Å²) in [6, 6.07) is 0. The van der Waals surface area contributed by atoms with Crippen molar-refractivity contribution in [1.82, 2.24) is 0 Å². The fourth-order valence-electron chi connectivity index (χ4n) is 7.22.